The summed E-state index contributed by atoms with van der Waals surface area (Å²) in [7, 11) is -3.65. The molecule has 2 heterocycles. The van der Waals surface area contributed by atoms with E-state index >= 15 is 0 Å². The van der Waals surface area contributed by atoms with Crippen LogP contribution in [0.4, 0.5) is 0 Å². The quantitative estimate of drug-likeness (QED) is 0.694. The fourth-order valence-electron chi connectivity index (χ4n) is 2.11. The predicted octanol–water partition coefficient (Wildman–Crippen LogP) is 2.59. The number of nitrogens with zero attached hydrogens (tertiary/aromatic N) is 3. The van der Waals surface area contributed by atoms with Crippen molar-refractivity contribution in [3.05, 3.63) is 48.3 Å². The molecule has 21 heavy (non-hydrogen) atoms. The molecule has 0 amide bonds. The SMILES string of the molecule is CSc1nn2c(C)ccnc2c1S(=O)(=O)c1ccccc1. The Kier molecular flexibility index (Phi) is 3.46. The van der Waals surface area contributed by atoms with Crippen LogP contribution in [0.25, 0.3) is 5.65 Å². The smallest absolute Gasteiger partial charge is 0.213 e. The Hall–Kier alpha value is -1.86. The molecule has 0 radical (unpaired) electrons. The van der Waals surface area contributed by atoms with Gasteiger partial charge in [-0.05, 0) is 31.4 Å². The Labute approximate surface area is 126 Å². The van der Waals surface area contributed by atoms with Crippen molar-refractivity contribution >= 4 is 27.2 Å². The fraction of sp³-hybridized carbons (Fsp3) is 0.143. The molecule has 0 N–H and O–H groups in total. The van der Waals surface area contributed by atoms with E-state index in [0.717, 1.165) is 5.69 Å². The van der Waals surface area contributed by atoms with Crippen LogP contribution in [-0.4, -0.2) is 29.3 Å². The summed E-state index contributed by atoms with van der Waals surface area (Å²) in [5.74, 6) is 0. The second kappa shape index (κ2) is 5.16. The molecule has 0 bridgehead atoms. The summed E-state index contributed by atoms with van der Waals surface area (Å²) in [5, 5.41) is 4.82. The van der Waals surface area contributed by atoms with E-state index in [1.807, 2.05) is 6.92 Å². The number of benzene rings is 1. The molecule has 0 aliphatic carbocycles. The highest BCUT2D eigenvalue weighted by Crippen LogP contribution is 2.32. The molecule has 0 unspecified atom stereocenters. The van der Waals surface area contributed by atoms with Crippen LogP contribution in [0, 0.1) is 6.92 Å². The summed E-state index contributed by atoms with van der Waals surface area (Å²) in [6, 6.07) is 10.2. The Morgan fingerprint density at radius 1 is 1.14 bits per heavy atom. The van der Waals surface area contributed by atoms with Gasteiger partial charge in [0.15, 0.2) is 10.5 Å². The minimum Gasteiger partial charge on any atom is -0.236 e. The number of sulfone groups is 1. The maximum Gasteiger partial charge on any atom is 0.213 e. The van der Waals surface area contributed by atoms with Crippen molar-refractivity contribution in [2.75, 3.05) is 6.26 Å². The van der Waals surface area contributed by atoms with Gasteiger partial charge in [0.2, 0.25) is 9.84 Å². The second-order valence-electron chi connectivity index (χ2n) is 4.48. The second-order valence-corrected chi connectivity index (χ2v) is 7.16. The maximum atomic E-state index is 12.9. The number of aromatic nitrogens is 3. The molecule has 0 fully saturated rings. The third-order valence-electron chi connectivity index (χ3n) is 3.15. The Balaban J connectivity index is 2.37. The summed E-state index contributed by atoms with van der Waals surface area (Å²) in [5.41, 5.74) is 1.20. The molecule has 0 saturated carbocycles. The highest BCUT2D eigenvalue weighted by molar-refractivity contribution is 7.99. The van der Waals surface area contributed by atoms with Gasteiger partial charge < -0.3 is 0 Å². The molecule has 1 aromatic carbocycles. The maximum absolute atomic E-state index is 12.9. The van der Waals surface area contributed by atoms with Gasteiger partial charge in [0, 0.05) is 11.9 Å². The van der Waals surface area contributed by atoms with Gasteiger partial charge in [0.1, 0.15) is 5.03 Å². The van der Waals surface area contributed by atoms with Crippen molar-refractivity contribution in [3.63, 3.8) is 0 Å². The van der Waals surface area contributed by atoms with Gasteiger partial charge in [-0.3, -0.25) is 0 Å². The van der Waals surface area contributed by atoms with Gasteiger partial charge in [-0.2, -0.15) is 5.10 Å². The Bertz CT molecular complexity index is 903. The summed E-state index contributed by atoms with van der Waals surface area (Å²) in [4.78, 5) is 4.63. The minimum absolute atomic E-state index is 0.171. The summed E-state index contributed by atoms with van der Waals surface area (Å²) in [6.45, 7) is 1.87. The van der Waals surface area contributed by atoms with E-state index in [1.165, 1.54) is 11.8 Å². The van der Waals surface area contributed by atoms with Gasteiger partial charge in [-0.1, -0.05) is 18.2 Å². The zero-order valence-corrected chi connectivity index (χ0v) is 13.1. The molecule has 7 heteroatoms. The van der Waals surface area contributed by atoms with Crippen LogP contribution < -0.4 is 0 Å². The molecule has 3 aromatic rings. The first kappa shape index (κ1) is 14.1. The lowest BCUT2D eigenvalue weighted by molar-refractivity contribution is 0.594. The number of rotatable bonds is 3. The van der Waals surface area contributed by atoms with E-state index in [1.54, 1.807) is 53.4 Å². The van der Waals surface area contributed by atoms with E-state index in [2.05, 4.69) is 10.1 Å². The largest absolute Gasteiger partial charge is 0.236 e. The lowest BCUT2D eigenvalue weighted by atomic mass is 10.4. The zero-order chi connectivity index (χ0) is 15.0. The molecule has 0 aliphatic rings. The molecule has 3 rings (SSSR count). The summed E-state index contributed by atoms with van der Waals surface area (Å²) < 4.78 is 27.4. The molecule has 0 aliphatic heterocycles. The molecule has 0 saturated heterocycles. The van der Waals surface area contributed by atoms with Crippen LogP contribution in [0.1, 0.15) is 5.69 Å². The van der Waals surface area contributed by atoms with Crippen LogP contribution in [-0.2, 0) is 9.84 Å². The van der Waals surface area contributed by atoms with Crippen LogP contribution in [0.5, 0.6) is 0 Å². The van der Waals surface area contributed by atoms with Gasteiger partial charge in [0.25, 0.3) is 0 Å². The number of fused-ring (bicyclic) bond motifs is 1. The summed E-state index contributed by atoms with van der Waals surface area (Å²) in [6.07, 6.45) is 3.40. The molecule has 0 atom stereocenters. The van der Waals surface area contributed by atoms with Crippen molar-refractivity contribution in [2.45, 2.75) is 21.7 Å². The fourth-order valence-corrected chi connectivity index (χ4v) is 4.53. The van der Waals surface area contributed by atoms with Crippen LogP contribution >= 0.6 is 11.8 Å². The third-order valence-corrected chi connectivity index (χ3v) is 5.76. The monoisotopic (exact) mass is 319 g/mol. The van der Waals surface area contributed by atoms with Crippen molar-refractivity contribution in [2.24, 2.45) is 0 Å². The number of aryl methyl sites for hydroxylation is 1. The van der Waals surface area contributed by atoms with E-state index in [0.29, 0.717) is 10.7 Å². The number of thioether (sulfide) groups is 1. The number of hydrogen-bond acceptors (Lipinski definition) is 5. The van der Waals surface area contributed by atoms with Gasteiger partial charge in [0.05, 0.1) is 4.90 Å². The van der Waals surface area contributed by atoms with E-state index in [-0.39, 0.29) is 9.79 Å². The Morgan fingerprint density at radius 2 is 1.86 bits per heavy atom. The zero-order valence-electron chi connectivity index (χ0n) is 11.5. The van der Waals surface area contributed by atoms with Crippen molar-refractivity contribution in [3.8, 4) is 0 Å². The first-order valence-corrected chi connectivity index (χ1v) is 8.95. The predicted molar refractivity (Wildman–Crippen MR) is 81.4 cm³/mol. The third kappa shape index (κ3) is 2.22. The molecular weight excluding hydrogens is 306 g/mol. The average molecular weight is 319 g/mol. The van der Waals surface area contributed by atoms with Gasteiger partial charge >= 0.3 is 0 Å². The lowest BCUT2D eigenvalue weighted by Gasteiger charge is -2.04. The minimum atomic E-state index is -3.65. The van der Waals surface area contributed by atoms with E-state index in [9.17, 15) is 8.42 Å². The van der Waals surface area contributed by atoms with E-state index < -0.39 is 9.84 Å². The first-order valence-electron chi connectivity index (χ1n) is 6.24. The molecule has 108 valence electrons. The lowest BCUT2D eigenvalue weighted by Crippen LogP contribution is -2.04. The molecular formula is C14H13N3O2S2. The average Bonchev–Trinajstić information content (AvgIpc) is 2.89. The van der Waals surface area contributed by atoms with Crippen LogP contribution in [0.15, 0.2) is 57.4 Å². The van der Waals surface area contributed by atoms with Crippen molar-refractivity contribution in [1.82, 2.24) is 14.6 Å². The van der Waals surface area contributed by atoms with Crippen molar-refractivity contribution in [1.29, 1.82) is 0 Å². The standard InChI is InChI=1S/C14H13N3O2S2/c1-10-8-9-15-13-12(14(20-2)16-17(10)13)21(18,19)11-6-4-3-5-7-11/h3-9H,1-2H3. The highest BCUT2D eigenvalue weighted by atomic mass is 32.2. The van der Waals surface area contributed by atoms with Gasteiger partial charge in [-0.25, -0.2) is 17.9 Å². The first-order chi connectivity index (χ1) is 10.1. The van der Waals surface area contributed by atoms with Gasteiger partial charge in [-0.15, -0.1) is 11.8 Å². The summed E-state index contributed by atoms with van der Waals surface area (Å²) >= 11 is 1.30. The Morgan fingerprint density at radius 3 is 2.52 bits per heavy atom. The van der Waals surface area contributed by atoms with Crippen molar-refractivity contribution < 1.29 is 8.42 Å². The van der Waals surface area contributed by atoms with E-state index in [4.69, 9.17) is 0 Å². The highest BCUT2D eigenvalue weighted by Gasteiger charge is 2.28. The van der Waals surface area contributed by atoms with Crippen LogP contribution in [0.2, 0.25) is 0 Å². The molecule has 5 nitrogen and oxygen atoms in total. The molecule has 0 spiro atoms. The van der Waals surface area contributed by atoms with Crippen LogP contribution in [0.3, 0.4) is 0 Å². The topological polar surface area (TPSA) is 64.3 Å². The normalized spacial score (nSPS) is 11.9. The molecule has 2 aromatic heterocycles. The number of hydrogen-bond donors (Lipinski definition) is 0.